The van der Waals surface area contributed by atoms with Crippen molar-refractivity contribution in [3.05, 3.63) is 146 Å². The van der Waals surface area contributed by atoms with Gasteiger partial charge in [-0.1, -0.05) is 238 Å². The minimum Gasteiger partial charge on any atom is -0.462 e. The lowest BCUT2D eigenvalue weighted by molar-refractivity contribution is -0.161. The molecule has 98 heavy (non-hydrogen) atoms. The highest BCUT2D eigenvalue weighted by atomic mass is 31.2. The van der Waals surface area contributed by atoms with Gasteiger partial charge in [-0.25, -0.2) is 9.13 Å². The number of phosphoric ester groups is 2. The number of phosphoric acid groups is 2. The van der Waals surface area contributed by atoms with E-state index in [1.54, 1.807) is 0 Å². The predicted molar refractivity (Wildman–Crippen MR) is 399 cm³/mol. The van der Waals surface area contributed by atoms with Crippen molar-refractivity contribution in [2.24, 2.45) is 0 Å². The summed E-state index contributed by atoms with van der Waals surface area (Å²) in [6, 6.07) is 0. The molecule has 0 amide bonds. The number of esters is 4. The third-order valence-electron chi connectivity index (χ3n) is 14.7. The average molecular weight is 1410 g/mol. The zero-order chi connectivity index (χ0) is 71.8. The third-order valence-corrected chi connectivity index (χ3v) is 16.7. The second-order valence-corrected chi connectivity index (χ2v) is 27.0. The SMILES string of the molecule is CC/C=C\C/C=C\C/C=C\C/C=C\C/C=C\CCCCCC(=O)OCC(COP(=O)(O)OCC(O)COP(=O)(O)OCC(COC(=O)CCCCCCC/C=C\C/C=C\CCC)OC(=O)CCCCCCC/C=C\CCCC)OC(=O)CCCC/C=C\C/C=C\C/C=C\C/C=C\CC. The van der Waals surface area contributed by atoms with Crippen molar-refractivity contribution in [2.45, 2.75) is 290 Å². The van der Waals surface area contributed by atoms with Crippen molar-refractivity contribution in [3.63, 3.8) is 0 Å². The Morgan fingerprint density at radius 1 is 0.296 bits per heavy atom. The third kappa shape index (κ3) is 69.4. The Morgan fingerprint density at radius 2 is 0.551 bits per heavy atom. The molecule has 0 saturated carbocycles. The number of carbonyl (C=O) groups is 4. The summed E-state index contributed by atoms with van der Waals surface area (Å²) in [6.45, 7) is 4.40. The van der Waals surface area contributed by atoms with Crippen molar-refractivity contribution in [1.29, 1.82) is 0 Å². The lowest BCUT2D eigenvalue weighted by Crippen LogP contribution is -2.30. The van der Waals surface area contributed by atoms with E-state index < -0.39 is 97.5 Å². The molecule has 0 aromatic carbocycles. The summed E-state index contributed by atoms with van der Waals surface area (Å²) in [4.78, 5) is 72.7. The number of ether oxygens (including phenoxy) is 4. The van der Waals surface area contributed by atoms with Gasteiger partial charge in [-0.15, -0.1) is 0 Å². The van der Waals surface area contributed by atoms with E-state index in [0.717, 1.165) is 173 Å². The molecular weight excluding hydrogens is 1280 g/mol. The Kier molecular flexibility index (Phi) is 66.7. The molecule has 0 bridgehead atoms. The van der Waals surface area contributed by atoms with Crippen LogP contribution in [0.2, 0.25) is 0 Å². The number of aliphatic hydroxyl groups is 1. The van der Waals surface area contributed by atoms with Crippen LogP contribution in [0.5, 0.6) is 0 Å². The number of rotatable bonds is 68. The van der Waals surface area contributed by atoms with Crippen LogP contribution in [-0.4, -0.2) is 96.7 Å². The molecule has 0 heterocycles. The van der Waals surface area contributed by atoms with Gasteiger partial charge < -0.3 is 33.8 Å². The van der Waals surface area contributed by atoms with E-state index in [1.165, 1.54) is 12.8 Å². The van der Waals surface area contributed by atoms with E-state index in [2.05, 4.69) is 174 Å². The summed E-state index contributed by atoms with van der Waals surface area (Å²) >= 11 is 0. The molecule has 0 aromatic rings. The fraction of sp³-hybridized carbons (Fsp3) is 0.646. The normalized spacial score (nSPS) is 14.8. The monoisotopic (exact) mass is 1410 g/mol. The standard InChI is InChI=1S/C79H130O17P2/c1-5-9-13-17-21-25-29-32-34-35-36-37-39-41-45-48-52-56-60-64-77(82)90-70-75(96-79(84)66-62-58-54-50-46-42-38-33-30-26-22-18-14-10-6-2)72-94-98(87,88)92-68-73(80)67-91-97(85,86)93-71-74(95-78(83)65-61-57-53-49-43-28-24-20-16-12-8-4)69-89-76(81)63-59-55-51-47-44-40-31-27-23-19-15-11-7-3/h9-10,13-15,19-22,24-27,31-34,36-38,41,45-46,50,73-75,80H,5-8,11-12,16-18,23,28-30,35,39-40,42-44,47-49,51-72H2,1-4H3,(H,85,86)(H,87,88)/b13-9-,14-10-,19-15-,24-20-,25-21-,26-22-,31-27-,34-32-,37-36-,38-33-,45-41-,50-46-. The maximum absolute atomic E-state index is 13.1. The number of hydrogen-bond acceptors (Lipinski definition) is 15. The van der Waals surface area contributed by atoms with Crippen molar-refractivity contribution in [1.82, 2.24) is 0 Å². The molecular formula is C79H130O17P2. The van der Waals surface area contributed by atoms with Gasteiger partial charge in [-0.3, -0.25) is 37.3 Å². The van der Waals surface area contributed by atoms with E-state index in [9.17, 15) is 43.2 Å². The molecule has 558 valence electrons. The summed E-state index contributed by atoms with van der Waals surface area (Å²) in [5.74, 6) is -2.30. The van der Waals surface area contributed by atoms with Crippen molar-refractivity contribution < 1.29 is 80.2 Å². The van der Waals surface area contributed by atoms with Crippen LogP contribution in [-0.2, 0) is 65.4 Å². The van der Waals surface area contributed by atoms with Crippen molar-refractivity contribution in [3.8, 4) is 0 Å². The largest absolute Gasteiger partial charge is 0.472 e. The number of aliphatic hydroxyl groups excluding tert-OH is 1. The second kappa shape index (κ2) is 70.4. The summed E-state index contributed by atoms with van der Waals surface area (Å²) in [5, 5.41) is 10.6. The fourth-order valence-corrected chi connectivity index (χ4v) is 10.7. The molecule has 0 aliphatic carbocycles. The Hall–Kier alpha value is -5.06. The molecule has 0 saturated heterocycles. The maximum Gasteiger partial charge on any atom is 0.472 e. The van der Waals surface area contributed by atoms with Crippen LogP contribution in [0.1, 0.15) is 272 Å². The van der Waals surface area contributed by atoms with Crippen LogP contribution in [0.15, 0.2) is 146 Å². The summed E-state index contributed by atoms with van der Waals surface area (Å²) in [7, 11) is -9.98. The molecule has 5 unspecified atom stereocenters. The molecule has 0 fully saturated rings. The number of allylic oxidation sites excluding steroid dienone is 24. The van der Waals surface area contributed by atoms with Gasteiger partial charge in [0.15, 0.2) is 12.2 Å². The topological polar surface area (TPSA) is 237 Å². The van der Waals surface area contributed by atoms with Crippen LogP contribution in [0.4, 0.5) is 0 Å². The van der Waals surface area contributed by atoms with Gasteiger partial charge in [0.1, 0.15) is 19.3 Å². The summed E-state index contributed by atoms with van der Waals surface area (Å²) < 4.78 is 68.3. The number of unbranched alkanes of at least 4 members (excludes halogenated alkanes) is 18. The van der Waals surface area contributed by atoms with Gasteiger partial charge in [-0.2, -0.15) is 0 Å². The van der Waals surface area contributed by atoms with Crippen LogP contribution < -0.4 is 0 Å². The van der Waals surface area contributed by atoms with Gasteiger partial charge in [0.2, 0.25) is 0 Å². The Morgan fingerprint density at radius 3 is 0.898 bits per heavy atom. The van der Waals surface area contributed by atoms with Gasteiger partial charge in [0.25, 0.3) is 0 Å². The molecule has 3 N–H and O–H groups in total. The number of carbonyl (C=O) groups excluding carboxylic acids is 4. The minimum atomic E-state index is -5.00. The Labute approximate surface area is 592 Å². The Balaban J connectivity index is 5.42. The molecule has 17 nitrogen and oxygen atoms in total. The maximum atomic E-state index is 13.1. The lowest BCUT2D eigenvalue weighted by atomic mass is 10.1. The van der Waals surface area contributed by atoms with Crippen LogP contribution in [0.25, 0.3) is 0 Å². The first-order valence-corrected chi connectivity index (χ1v) is 40.1. The lowest BCUT2D eigenvalue weighted by Gasteiger charge is -2.21. The van der Waals surface area contributed by atoms with Crippen molar-refractivity contribution >= 4 is 39.5 Å². The smallest absolute Gasteiger partial charge is 0.462 e. The Bertz CT molecular complexity index is 2430. The van der Waals surface area contributed by atoms with Gasteiger partial charge in [0.05, 0.1) is 26.4 Å². The van der Waals surface area contributed by atoms with Gasteiger partial charge in [-0.05, 0) is 154 Å². The molecule has 5 atom stereocenters. The van der Waals surface area contributed by atoms with Gasteiger partial charge in [0, 0.05) is 25.7 Å². The van der Waals surface area contributed by atoms with E-state index in [4.69, 9.17) is 37.0 Å². The molecule has 0 rings (SSSR count). The second-order valence-electron chi connectivity index (χ2n) is 24.1. The fourth-order valence-electron chi connectivity index (χ4n) is 9.14. The predicted octanol–water partition coefficient (Wildman–Crippen LogP) is 21.1. The van der Waals surface area contributed by atoms with Crippen LogP contribution in [0.3, 0.4) is 0 Å². The molecule has 0 spiro atoms. The minimum absolute atomic E-state index is 0.0300. The van der Waals surface area contributed by atoms with E-state index in [1.807, 2.05) is 0 Å². The first-order valence-electron chi connectivity index (χ1n) is 37.1. The molecule has 19 heteroatoms. The highest BCUT2D eigenvalue weighted by Crippen LogP contribution is 2.45. The molecule has 0 aromatic heterocycles. The summed E-state index contributed by atoms with van der Waals surface area (Å²) in [6.07, 6.45) is 78.6. The highest BCUT2D eigenvalue weighted by molar-refractivity contribution is 7.47. The summed E-state index contributed by atoms with van der Waals surface area (Å²) in [5.41, 5.74) is 0. The first kappa shape index (κ1) is 92.9. The number of hydrogen-bond donors (Lipinski definition) is 3. The van der Waals surface area contributed by atoms with Gasteiger partial charge >= 0.3 is 39.5 Å². The first-order chi connectivity index (χ1) is 47.7. The van der Waals surface area contributed by atoms with E-state index >= 15 is 0 Å². The van der Waals surface area contributed by atoms with Crippen LogP contribution in [0, 0.1) is 0 Å². The molecule has 0 radical (unpaired) electrons. The van der Waals surface area contributed by atoms with E-state index in [0.29, 0.717) is 32.1 Å². The van der Waals surface area contributed by atoms with Crippen LogP contribution >= 0.6 is 15.6 Å². The quantitative estimate of drug-likeness (QED) is 0.0169. The highest BCUT2D eigenvalue weighted by Gasteiger charge is 2.30. The molecule has 0 aliphatic heterocycles. The zero-order valence-electron chi connectivity index (χ0n) is 60.7. The average Bonchev–Trinajstić information content (AvgIpc) is 0.992. The van der Waals surface area contributed by atoms with Crippen molar-refractivity contribution in [2.75, 3.05) is 39.6 Å². The zero-order valence-corrected chi connectivity index (χ0v) is 62.4. The molecule has 0 aliphatic rings. The van der Waals surface area contributed by atoms with E-state index in [-0.39, 0.29) is 25.7 Å².